The Hall–Kier alpha value is -2.89. The van der Waals surface area contributed by atoms with E-state index in [4.69, 9.17) is 0 Å². The van der Waals surface area contributed by atoms with Gasteiger partial charge in [-0.3, -0.25) is 4.79 Å². The zero-order chi connectivity index (χ0) is 24.9. The zero-order valence-electron chi connectivity index (χ0n) is 21.1. The van der Waals surface area contributed by atoms with Gasteiger partial charge in [0.05, 0.1) is 5.60 Å². The molecule has 36 heavy (non-hydrogen) atoms. The summed E-state index contributed by atoms with van der Waals surface area (Å²) in [4.78, 5) is 18.0. The van der Waals surface area contributed by atoms with Crippen LogP contribution < -0.4 is 0 Å². The molecule has 6 rings (SSSR count). The number of nitrogens with zero attached hydrogens (tertiary/aromatic N) is 2. The van der Waals surface area contributed by atoms with Crippen LogP contribution in [-0.2, 0) is 5.41 Å². The van der Waals surface area contributed by atoms with Gasteiger partial charge in [0.1, 0.15) is 5.75 Å². The third-order valence-electron chi connectivity index (χ3n) is 9.18. The van der Waals surface area contributed by atoms with Crippen LogP contribution in [0.25, 0.3) is 10.8 Å². The van der Waals surface area contributed by atoms with Crippen LogP contribution in [0.5, 0.6) is 5.75 Å². The van der Waals surface area contributed by atoms with Gasteiger partial charge in [-0.15, -0.1) is 0 Å². The summed E-state index contributed by atoms with van der Waals surface area (Å²) < 4.78 is 0. The van der Waals surface area contributed by atoms with E-state index in [1.165, 1.54) is 12.8 Å². The zero-order valence-corrected chi connectivity index (χ0v) is 21.1. The van der Waals surface area contributed by atoms with Gasteiger partial charge in [-0.1, -0.05) is 42.5 Å². The molecule has 2 N–H and O–H groups in total. The number of phenolic OH excluding ortho intramolecular Hbond substituents is 1. The second-order valence-electron chi connectivity index (χ2n) is 11.5. The van der Waals surface area contributed by atoms with Crippen molar-refractivity contribution in [2.75, 3.05) is 26.7 Å². The lowest BCUT2D eigenvalue weighted by molar-refractivity contribution is -0.132. The van der Waals surface area contributed by atoms with Crippen LogP contribution in [0, 0.1) is 5.92 Å². The topological polar surface area (TPSA) is 64.0 Å². The molecule has 3 aliphatic rings. The number of hydrogen-bond donors (Lipinski definition) is 2. The number of likely N-dealkylation sites (tertiary alicyclic amines) is 1. The quantitative estimate of drug-likeness (QED) is 0.538. The van der Waals surface area contributed by atoms with E-state index in [-0.39, 0.29) is 17.7 Å². The molecule has 3 aromatic carbocycles. The minimum Gasteiger partial charge on any atom is -0.508 e. The van der Waals surface area contributed by atoms with Crippen LogP contribution in [0.15, 0.2) is 66.7 Å². The minimum atomic E-state index is -0.878. The lowest BCUT2D eigenvalue weighted by atomic mass is 9.55. The highest BCUT2D eigenvalue weighted by molar-refractivity contribution is 5.98. The SMILES string of the molecule is CN(C(=O)c1ccc2ccccc2c1)C1CCC2(O)CN(CC3CC3)CCC2(c2cccc(O)c2)C1. The molecule has 3 aromatic rings. The summed E-state index contributed by atoms with van der Waals surface area (Å²) in [7, 11) is 1.91. The molecule has 0 bridgehead atoms. The fourth-order valence-electron chi connectivity index (χ4n) is 6.88. The van der Waals surface area contributed by atoms with Crippen LogP contribution in [0.4, 0.5) is 0 Å². The van der Waals surface area contributed by atoms with Crippen LogP contribution in [0.2, 0.25) is 0 Å². The number of aromatic hydroxyl groups is 1. The number of phenols is 1. The van der Waals surface area contributed by atoms with Gasteiger partial charge >= 0.3 is 0 Å². The predicted octanol–water partition coefficient (Wildman–Crippen LogP) is 4.95. The first-order valence-electron chi connectivity index (χ1n) is 13.4. The van der Waals surface area contributed by atoms with E-state index in [9.17, 15) is 15.0 Å². The van der Waals surface area contributed by atoms with E-state index in [1.54, 1.807) is 6.07 Å². The first kappa shape index (κ1) is 23.5. The molecular weight excluding hydrogens is 448 g/mol. The normalized spacial score (nSPS) is 28.6. The van der Waals surface area contributed by atoms with Crippen molar-refractivity contribution in [3.8, 4) is 5.75 Å². The molecule has 1 amide bonds. The first-order valence-corrected chi connectivity index (χ1v) is 13.4. The van der Waals surface area contributed by atoms with Crippen LogP contribution in [0.3, 0.4) is 0 Å². The molecule has 3 fully saturated rings. The maximum absolute atomic E-state index is 13.6. The summed E-state index contributed by atoms with van der Waals surface area (Å²) in [5.41, 5.74) is 0.319. The van der Waals surface area contributed by atoms with Gasteiger partial charge in [-0.2, -0.15) is 0 Å². The number of β-amino-alcohol motifs (C(OH)–C–C–N with tert-alkyl or cyclic N) is 1. The molecule has 5 nitrogen and oxygen atoms in total. The third kappa shape index (κ3) is 4.08. The second-order valence-corrected chi connectivity index (χ2v) is 11.5. The smallest absolute Gasteiger partial charge is 0.253 e. The highest BCUT2D eigenvalue weighted by atomic mass is 16.3. The van der Waals surface area contributed by atoms with E-state index in [0.29, 0.717) is 24.9 Å². The van der Waals surface area contributed by atoms with Crippen LogP contribution >= 0.6 is 0 Å². The maximum atomic E-state index is 13.6. The van der Waals surface area contributed by atoms with E-state index in [2.05, 4.69) is 17.0 Å². The fourth-order valence-corrected chi connectivity index (χ4v) is 6.88. The molecule has 188 valence electrons. The first-order chi connectivity index (χ1) is 17.4. The molecule has 1 saturated heterocycles. The van der Waals surface area contributed by atoms with Gasteiger partial charge in [0.25, 0.3) is 5.91 Å². The van der Waals surface area contributed by atoms with Gasteiger partial charge < -0.3 is 20.0 Å². The molecular formula is C31H36N2O3. The Morgan fingerprint density at radius 1 is 1.00 bits per heavy atom. The molecule has 5 heteroatoms. The summed E-state index contributed by atoms with van der Waals surface area (Å²) in [6.07, 6.45) is 5.54. The van der Waals surface area contributed by atoms with Gasteiger partial charge in [-0.25, -0.2) is 0 Å². The lowest BCUT2D eigenvalue weighted by Crippen LogP contribution is -2.67. The van der Waals surface area contributed by atoms with E-state index < -0.39 is 11.0 Å². The molecule has 0 aromatic heterocycles. The van der Waals surface area contributed by atoms with E-state index in [0.717, 1.165) is 48.2 Å². The number of hydrogen-bond acceptors (Lipinski definition) is 4. The Labute approximate surface area is 213 Å². The van der Waals surface area contributed by atoms with Crippen molar-refractivity contribution in [3.05, 3.63) is 77.9 Å². The number of benzene rings is 3. The van der Waals surface area contributed by atoms with E-state index >= 15 is 0 Å². The van der Waals surface area contributed by atoms with Gasteiger partial charge in [0.2, 0.25) is 0 Å². The largest absolute Gasteiger partial charge is 0.508 e. The van der Waals surface area contributed by atoms with Crippen molar-refractivity contribution in [2.45, 2.75) is 55.6 Å². The molecule has 1 heterocycles. The minimum absolute atomic E-state index is 0.0153. The van der Waals surface area contributed by atoms with Gasteiger partial charge in [0.15, 0.2) is 0 Å². The average Bonchev–Trinajstić information content (AvgIpc) is 3.71. The summed E-state index contributed by atoms with van der Waals surface area (Å²) in [6, 6.07) is 21.5. The van der Waals surface area contributed by atoms with Crippen molar-refractivity contribution in [2.24, 2.45) is 5.92 Å². The number of aliphatic hydroxyl groups is 1. The molecule has 2 saturated carbocycles. The van der Waals surface area contributed by atoms with Crippen LogP contribution in [-0.4, -0.2) is 64.2 Å². The van der Waals surface area contributed by atoms with Gasteiger partial charge in [-0.05, 0) is 91.6 Å². The standard InChI is InChI=1S/C31H36N2O3/c1-32(29(35)25-12-11-23-5-2-3-6-24(23)17-25)27-13-14-31(36)21-33(20-22-9-10-22)16-15-30(31,19-27)26-7-4-8-28(34)18-26/h2-8,11-12,17-18,22,27,34,36H,9-10,13-16,19-21H2,1H3. The number of amides is 1. The molecule has 0 spiro atoms. The monoisotopic (exact) mass is 484 g/mol. The van der Waals surface area contributed by atoms with Crippen molar-refractivity contribution in [3.63, 3.8) is 0 Å². The Morgan fingerprint density at radius 2 is 1.81 bits per heavy atom. The predicted molar refractivity (Wildman–Crippen MR) is 142 cm³/mol. The Balaban J connectivity index is 1.30. The number of rotatable bonds is 5. The molecule has 3 atom stereocenters. The second kappa shape index (κ2) is 8.89. The Bertz CT molecular complexity index is 1290. The summed E-state index contributed by atoms with van der Waals surface area (Å²) in [5, 5.41) is 24.8. The van der Waals surface area contributed by atoms with Crippen molar-refractivity contribution < 1.29 is 15.0 Å². The number of fused-ring (bicyclic) bond motifs is 2. The Kier molecular flexibility index (Phi) is 5.81. The summed E-state index contributed by atoms with van der Waals surface area (Å²) in [6.45, 7) is 2.67. The van der Waals surface area contributed by atoms with Crippen molar-refractivity contribution in [1.29, 1.82) is 0 Å². The number of carbonyl (C=O) groups is 1. The molecule has 2 aliphatic carbocycles. The van der Waals surface area contributed by atoms with Crippen molar-refractivity contribution >= 4 is 16.7 Å². The lowest BCUT2D eigenvalue weighted by Gasteiger charge is -2.59. The molecule has 3 unspecified atom stereocenters. The summed E-state index contributed by atoms with van der Waals surface area (Å²) in [5.74, 6) is 1.03. The summed E-state index contributed by atoms with van der Waals surface area (Å²) >= 11 is 0. The Morgan fingerprint density at radius 3 is 2.58 bits per heavy atom. The fraction of sp³-hybridized carbons (Fsp3) is 0.452. The maximum Gasteiger partial charge on any atom is 0.253 e. The van der Waals surface area contributed by atoms with Crippen molar-refractivity contribution in [1.82, 2.24) is 9.80 Å². The highest BCUT2D eigenvalue weighted by Crippen LogP contribution is 2.53. The third-order valence-corrected chi connectivity index (χ3v) is 9.18. The van der Waals surface area contributed by atoms with Gasteiger partial charge in [0, 0.05) is 37.2 Å². The molecule has 0 radical (unpaired) electrons. The van der Waals surface area contributed by atoms with Crippen LogP contribution in [0.1, 0.15) is 54.4 Å². The highest BCUT2D eigenvalue weighted by Gasteiger charge is 2.58. The van der Waals surface area contributed by atoms with E-state index in [1.807, 2.05) is 60.5 Å². The molecule has 1 aliphatic heterocycles. The number of carbonyl (C=O) groups excluding carboxylic acids is 1. The average molecular weight is 485 g/mol. The number of piperidine rings is 1.